The van der Waals surface area contributed by atoms with Crippen LogP contribution in [0.3, 0.4) is 0 Å². The molecule has 84 valence electrons. The van der Waals surface area contributed by atoms with Crippen LogP contribution in [0.25, 0.3) is 0 Å². The summed E-state index contributed by atoms with van der Waals surface area (Å²) >= 11 is 5.65. The number of amides is 1. The number of carbonyl (C=O) groups excluding carboxylic acids is 1. The Hall–Kier alpha value is -1.55. The Morgan fingerprint density at radius 3 is 2.81 bits per heavy atom. The number of carbonyl (C=O) groups is 1. The second-order valence-corrected chi connectivity index (χ2v) is 3.74. The first kappa shape index (κ1) is 11.0. The number of hydrogen-bond acceptors (Lipinski definition) is 2. The molecule has 0 N–H and O–H groups in total. The van der Waals surface area contributed by atoms with Crippen molar-refractivity contribution in [1.29, 1.82) is 0 Å². The molecule has 0 aromatic heterocycles. The zero-order valence-electron chi connectivity index (χ0n) is 8.54. The van der Waals surface area contributed by atoms with Crippen LogP contribution >= 0.6 is 11.6 Å². The van der Waals surface area contributed by atoms with Gasteiger partial charge in [0.2, 0.25) is 0 Å². The van der Waals surface area contributed by atoms with Gasteiger partial charge in [0.25, 0.3) is 5.91 Å². The van der Waals surface area contributed by atoms with Gasteiger partial charge in [0.05, 0.1) is 18.7 Å². The van der Waals surface area contributed by atoms with Gasteiger partial charge in [-0.25, -0.2) is 4.39 Å². The largest absolute Gasteiger partial charge is 0.499 e. The Kier molecular flexibility index (Phi) is 2.83. The maximum absolute atomic E-state index is 13.0. The molecule has 1 aromatic rings. The van der Waals surface area contributed by atoms with E-state index in [0.717, 1.165) is 0 Å². The molecule has 0 saturated carbocycles. The summed E-state index contributed by atoms with van der Waals surface area (Å²) in [6.07, 6.45) is 1.40. The van der Waals surface area contributed by atoms with Crippen molar-refractivity contribution < 1.29 is 13.9 Å². The van der Waals surface area contributed by atoms with Gasteiger partial charge in [-0.2, -0.15) is 0 Å². The van der Waals surface area contributed by atoms with Gasteiger partial charge in [0, 0.05) is 11.8 Å². The lowest BCUT2D eigenvalue weighted by Gasteiger charge is -2.16. The zero-order valence-corrected chi connectivity index (χ0v) is 9.29. The van der Waals surface area contributed by atoms with Gasteiger partial charge in [-0.05, 0) is 18.2 Å². The second kappa shape index (κ2) is 4.14. The second-order valence-electron chi connectivity index (χ2n) is 3.34. The van der Waals surface area contributed by atoms with Crippen LogP contribution in [0.15, 0.2) is 30.0 Å². The molecule has 16 heavy (non-hydrogen) atoms. The van der Waals surface area contributed by atoms with Crippen LogP contribution < -0.4 is 4.90 Å². The molecule has 0 fully saturated rings. The van der Waals surface area contributed by atoms with Crippen molar-refractivity contribution in [3.8, 4) is 0 Å². The minimum absolute atomic E-state index is 0.00355. The molecule has 1 aromatic carbocycles. The van der Waals surface area contributed by atoms with Crippen LogP contribution in [0.2, 0.25) is 5.02 Å². The van der Waals surface area contributed by atoms with Crippen LogP contribution in [0, 0.1) is 5.82 Å². The van der Waals surface area contributed by atoms with E-state index in [1.54, 1.807) is 0 Å². The average Bonchev–Trinajstić information content (AvgIpc) is 2.64. The molecule has 3 nitrogen and oxygen atoms in total. The third kappa shape index (κ3) is 1.88. The first-order chi connectivity index (χ1) is 7.61. The number of hydrogen-bond donors (Lipinski definition) is 0. The van der Waals surface area contributed by atoms with Crippen molar-refractivity contribution in [2.75, 3.05) is 18.6 Å². The summed E-state index contributed by atoms with van der Waals surface area (Å²) in [6, 6.07) is 4.16. The van der Waals surface area contributed by atoms with E-state index in [0.29, 0.717) is 18.0 Å². The Labute approximate surface area is 97.1 Å². The van der Waals surface area contributed by atoms with Crippen LogP contribution in [0.1, 0.15) is 0 Å². The number of nitrogens with zero attached hydrogens (tertiary/aromatic N) is 1. The van der Waals surface area contributed by atoms with E-state index >= 15 is 0 Å². The highest BCUT2D eigenvalue weighted by Gasteiger charge is 2.23. The van der Waals surface area contributed by atoms with E-state index in [1.807, 2.05) is 0 Å². The van der Waals surface area contributed by atoms with Gasteiger partial charge < -0.3 is 9.64 Å². The number of anilines is 1. The van der Waals surface area contributed by atoms with Crippen LogP contribution in [-0.4, -0.2) is 19.6 Å². The maximum atomic E-state index is 13.0. The number of rotatable bonds is 2. The van der Waals surface area contributed by atoms with E-state index in [1.165, 1.54) is 36.3 Å². The third-order valence-electron chi connectivity index (χ3n) is 2.34. The normalized spacial score (nSPS) is 15.3. The zero-order chi connectivity index (χ0) is 11.7. The molecule has 1 aliphatic heterocycles. The smallest absolute Gasteiger partial charge is 0.254 e. The Balaban J connectivity index is 2.27. The minimum Gasteiger partial charge on any atom is -0.499 e. The summed E-state index contributed by atoms with van der Waals surface area (Å²) in [7, 11) is 1.50. The molecule has 1 aliphatic rings. The lowest BCUT2D eigenvalue weighted by Crippen LogP contribution is -2.25. The van der Waals surface area contributed by atoms with E-state index in [9.17, 15) is 9.18 Å². The fourth-order valence-corrected chi connectivity index (χ4v) is 1.66. The van der Waals surface area contributed by atoms with E-state index in [4.69, 9.17) is 16.3 Å². The van der Waals surface area contributed by atoms with Gasteiger partial charge >= 0.3 is 0 Å². The molecule has 0 radical (unpaired) electrons. The molecule has 5 heteroatoms. The first-order valence-corrected chi connectivity index (χ1v) is 5.00. The molecule has 0 saturated heterocycles. The topological polar surface area (TPSA) is 29.5 Å². The van der Waals surface area contributed by atoms with Crippen molar-refractivity contribution in [3.63, 3.8) is 0 Å². The summed E-state index contributed by atoms with van der Waals surface area (Å²) in [4.78, 5) is 13.0. The molecule has 0 spiro atoms. The lowest BCUT2D eigenvalue weighted by molar-refractivity contribution is -0.113. The summed E-state index contributed by atoms with van der Waals surface area (Å²) in [5, 5.41) is -0.00355. The molecule has 0 atom stereocenters. The quantitative estimate of drug-likeness (QED) is 0.796. The van der Waals surface area contributed by atoms with E-state index in [-0.39, 0.29) is 10.9 Å². The van der Waals surface area contributed by atoms with Gasteiger partial charge in [0.15, 0.2) is 0 Å². The van der Waals surface area contributed by atoms with Crippen molar-refractivity contribution >= 4 is 23.2 Å². The van der Waals surface area contributed by atoms with Crippen LogP contribution in [-0.2, 0) is 9.53 Å². The summed E-state index contributed by atoms with van der Waals surface area (Å²) in [5.74, 6) is -0.123. The molecule has 0 bridgehead atoms. The van der Waals surface area contributed by atoms with Crippen molar-refractivity contribution in [2.45, 2.75) is 0 Å². The minimum atomic E-state index is -0.503. The third-order valence-corrected chi connectivity index (χ3v) is 2.63. The van der Waals surface area contributed by atoms with Crippen LogP contribution in [0.4, 0.5) is 10.1 Å². The summed E-state index contributed by atoms with van der Waals surface area (Å²) in [6.45, 7) is 0.345. The van der Waals surface area contributed by atoms with E-state index < -0.39 is 5.82 Å². The SMILES string of the molecule is COC1=CC(=O)N(c2ccc(F)c(Cl)c2)C1. The van der Waals surface area contributed by atoms with Crippen LogP contribution in [0.5, 0.6) is 0 Å². The predicted octanol–water partition coefficient (Wildman–Crippen LogP) is 2.36. The summed E-state index contributed by atoms with van der Waals surface area (Å²) < 4.78 is 17.9. The number of benzene rings is 1. The molecule has 1 amide bonds. The van der Waals surface area contributed by atoms with Crippen molar-refractivity contribution in [2.24, 2.45) is 0 Å². The summed E-state index contributed by atoms with van der Waals surface area (Å²) in [5.41, 5.74) is 0.555. The standard InChI is InChI=1S/C11H9ClFNO2/c1-16-8-5-11(15)14(6-8)7-2-3-10(13)9(12)4-7/h2-5H,6H2,1H3. The predicted molar refractivity (Wildman–Crippen MR) is 58.9 cm³/mol. The Morgan fingerprint density at radius 2 is 2.25 bits per heavy atom. The monoisotopic (exact) mass is 241 g/mol. The number of methoxy groups -OCH3 is 1. The maximum Gasteiger partial charge on any atom is 0.254 e. The molecule has 0 aliphatic carbocycles. The van der Waals surface area contributed by atoms with Gasteiger partial charge in [-0.1, -0.05) is 11.6 Å². The Morgan fingerprint density at radius 1 is 1.50 bits per heavy atom. The molecule has 2 rings (SSSR count). The molecular formula is C11H9ClFNO2. The molecule has 1 heterocycles. The fraction of sp³-hybridized carbons (Fsp3) is 0.182. The molecular weight excluding hydrogens is 233 g/mol. The number of halogens is 2. The average molecular weight is 242 g/mol. The van der Waals surface area contributed by atoms with Gasteiger partial charge in [-0.3, -0.25) is 4.79 Å². The highest BCUT2D eigenvalue weighted by Crippen LogP contribution is 2.26. The van der Waals surface area contributed by atoms with Gasteiger partial charge in [-0.15, -0.1) is 0 Å². The van der Waals surface area contributed by atoms with E-state index in [2.05, 4.69) is 0 Å². The van der Waals surface area contributed by atoms with Gasteiger partial charge in [0.1, 0.15) is 11.6 Å². The highest BCUT2D eigenvalue weighted by molar-refractivity contribution is 6.31. The Bertz CT molecular complexity index is 473. The van der Waals surface area contributed by atoms with Crippen molar-refractivity contribution in [3.05, 3.63) is 40.9 Å². The fourth-order valence-electron chi connectivity index (χ4n) is 1.49. The first-order valence-electron chi connectivity index (χ1n) is 4.63. The highest BCUT2D eigenvalue weighted by atomic mass is 35.5. The number of ether oxygens (including phenoxy) is 1. The van der Waals surface area contributed by atoms with Crippen molar-refractivity contribution in [1.82, 2.24) is 0 Å². The molecule has 0 unspecified atom stereocenters. The lowest BCUT2D eigenvalue weighted by atomic mass is 10.3.